The number of amides is 1. The second-order valence-electron chi connectivity index (χ2n) is 8.82. The maximum absolute atomic E-state index is 14.7. The van der Waals surface area contributed by atoms with Gasteiger partial charge in [-0.15, -0.1) is 0 Å². The van der Waals surface area contributed by atoms with Crippen molar-refractivity contribution in [1.29, 1.82) is 5.26 Å². The number of ketones is 1. The number of ether oxygens (including phenoxy) is 1. The average molecular weight is 513 g/mol. The number of carboxylic acid groups (broad SMARTS) is 1. The summed E-state index contributed by atoms with van der Waals surface area (Å²) in [5.41, 5.74) is 1.57. The molecule has 1 N–H and O–H groups in total. The molecule has 3 heterocycles. The highest BCUT2D eigenvalue weighted by molar-refractivity contribution is 5.95. The Bertz CT molecular complexity index is 1730. The minimum absolute atomic E-state index is 0.0497. The zero-order valence-electron chi connectivity index (χ0n) is 20.3. The molecule has 1 aliphatic rings. The second kappa shape index (κ2) is 9.40. The minimum Gasteiger partial charge on any atom is -0.494 e. The number of carbonyl (C=O) groups excluding carboxylic acids is 1. The third-order valence-corrected chi connectivity index (χ3v) is 6.43. The van der Waals surface area contributed by atoms with Crippen LogP contribution in [0.25, 0.3) is 27.7 Å². The van der Waals surface area contributed by atoms with Gasteiger partial charge < -0.3 is 9.84 Å². The van der Waals surface area contributed by atoms with Crippen molar-refractivity contribution in [2.24, 2.45) is 0 Å². The average Bonchev–Trinajstić information content (AvgIpc) is 3.30. The molecule has 0 spiro atoms. The van der Waals surface area contributed by atoms with Crippen LogP contribution in [-0.4, -0.2) is 50.1 Å². The Morgan fingerprint density at radius 3 is 2.63 bits per heavy atom. The predicted octanol–water partition coefficient (Wildman–Crippen LogP) is 3.77. The van der Waals surface area contributed by atoms with Gasteiger partial charge in [0, 0.05) is 35.5 Å². The first-order valence-corrected chi connectivity index (χ1v) is 11.5. The normalized spacial score (nSPS) is 15.1. The Kier molecular flexibility index (Phi) is 6.08. The van der Waals surface area contributed by atoms with E-state index < -0.39 is 23.5 Å². The second-order valence-corrected chi connectivity index (χ2v) is 8.82. The number of nitriles is 1. The molecule has 2 aromatic heterocycles. The van der Waals surface area contributed by atoms with Crippen LogP contribution in [0.1, 0.15) is 29.5 Å². The number of halogens is 1. The smallest absolute Gasteiger partial charge is 0.408 e. The fourth-order valence-electron chi connectivity index (χ4n) is 4.61. The Hall–Kier alpha value is -5.11. The van der Waals surface area contributed by atoms with Crippen LogP contribution in [0.4, 0.5) is 9.18 Å². The van der Waals surface area contributed by atoms with E-state index in [0.29, 0.717) is 11.1 Å². The van der Waals surface area contributed by atoms with E-state index in [-0.39, 0.29) is 52.5 Å². The zero-order chi connectivity index (χ0) is 27.1. The summed E-state index contributed by atoms with van der Waals surface area (Å²) >= 11 is 0. The van der Waals surface area contributed by atoms with Crippen LogP contribution in [0.15, 0.2) is 53.5 Å². The van der Waals surface area contributed by atoms with Crippen molar-refractivity contribution in [2.75, 3.05) is 13.7 Å². The lowest BCUT2D eigenvalue weighted by Gasteiger charge is -2.24. The lowest BCUT2D eigenvalue weighted by Crippen LogP contribution is -2.34. The Morgan fingerprint density at radius 2 is 2.00 bits per heavy atom. The lowest BCUT2D eigenvalue weighted by molar-refractivity contribution is -0.116. The van der Waals surface area contributed by atoms with Crippen molar-refractivity contribution in [3.63, 3.8) is 0 Å². The van der Waals surface area contributed by atoms with E-state index >= 15 is 0 Å². The van der Waals surface area contributed by atoms with Crippen LogP contribution in [0, 0.1) is 24.1 Å². The van der Waals surface area contributed by atoms with E-state index in [1.165, 1.54) is 25.3 Å². The van der Waals surface area contributed by atoms with Gasteiger partial charge in [-0.25, -0.2) is 14.2 Å². The van der Waals surface area contributed by atoms with Gasteiger partial charge in [-0.2, -0.15) is 5.26 Å². The molecule has 10 nitrogen and oxygen atoms in total. The summed E-state index contributed by atoms with van der Waals surface area (Å²) in [6.45, 7) is 1.45. The number of benzene rings is 2. The highest BCUT2D eigenvalue weighted by Gasteiger charge is 2.38. The molecular formula is C27H20FN5O5. The Balaban J connectivity index is 1.89. The van der Waals surface area contributed by atoms with E-state index in [0.717, 1.165) is 21.2 Å². The van der Waals surface area contributed by atoms with Gasteiger partial charge in [0.25, 0.3) is 5.56 Å². The molecule has 1 fully saturated rings. The monoisotopic (exact) mass is 513 g/mol. The maximum atomic E-state index is 14.7. The Labute approximate surface area is 215 Å². The van der Waals surface area contributed by atoms with Gasteiger partial charge in [0.15, 0.2) is 17.3 Å². The minimum atomic E-state index is -1.36. The van der Waals surface area contributed by atoms with Gasteiger partial charge in [0.05, 0.1) is 41.9 Å². The summed E-state index contributed by atoms with van der Waals surface area (Å²) in [5.74, 6) is -1.20. The molecule has 0 unspecified atom stereocenters. The molecule has 0 saturated carbocycles. The number of hydrogen-bond donors (Lipinski definition) is 1. The van der Waals surface area contributed by atoms with Crippen LogP contribution < -0.4 is 10.3 Å². The summed E-state index contributed by atoms with van der Waals surface area (Å²) in [4.78, 5) is 48.3. The first-order chi connectivity index (χ1) is 18.2. The van der Waals surface area contributed by atoms with Gasteiger partial charge in [-0.1, -0.05) is 6.07 Å². The number of hydrogen-bond acceptors (Lipinski definition) is 7. The van der Waals surface area contributed by atoms with Crippen molar-refractivity contribution >= 4 is 22.8 Å². The van der Waals surface area contributed by atoms with Crippen LogP contribution >= 0.6 is 0 Å². The topological polar surface area (TPSA) is 138 Å². The van der Waals surface area contributed by atoms with Gasteiger partial charge >= 0.3 is 6.09 Å². The van der Waals surface area contributed by atoms with Gasteiger partial charge in [0.2, 0.25) is 0 Å². The van der Waals surface area contributed by atoms with Crippen molar-refractivity contribution in [3.8, 4) is 28.6 Å². The summed E-state index contributed by atoms with van der Waals surface area (Å²) < 4.78 is 20.8. The molecule has 1 saturated heterocycles. The first kappa shape index (κ1) is 24.6. The van der Waals surface area contributed by atoms with Crippen molar-refractivity contribution in [3.05, 3.63) is 81.9 Å². The fraction of sp³-hybridized carbons (Fsp3) is 0.185. The third kappa shape index (κ3) is 4.12. The van der Waals surface area contributed by atoms with E-state index in [9.17, 15) is 29.1 Å². The van der Waals surface area contributed by atoms with Gasteiger partial charge in [-0.3, -0.25) is 24.0 Å². The van der Waals surface area contributed by atoms with E-state index in [2.05, 4.69) is 4.98 Å². The molecular weight excluding hydrogens is 493 g/mol. The number of aryl methyl sites for hydroxylation is 1. The molecule has 1 atom stereocenters. The van der Waals surface area contributed by atoms with Crippen molar-refractivity contribution in [1.82, 2.24) is 19.4 Å². The molecule has 0 aliphatic carbocycles. The molecule has 190 valence electrons. The summed E-state index contributed by atoms with van der Waals surface area (Å²) in [6, 6.07) is 11.3. The number of Topliss-reactive ketones (excluding diaryl/α,β-unsaturated/α-hetero) is 1. The van der Waals surface area contributed by atoms with Gasteiger partial charge in [-0.05, 0) is 37.3 Å². The molecule has 11 heteroatoms. The number of fused-ring (bicyclic) bond motifs is 1. The Morgan fingerprint density at radius 1 is 1.21 bits per heavy atom. The largest absolute Gasteiger partial charge is 0.494 e. The molecule has 1 amide bonds. The van der Waals surface area contributed by atoms with Crippen LogP contribution in [0.5, 0.6) is 5.75 Å². The van der Waals surface area contributed by atoms with E-state index in [1.807, 2.05) is 13.0 Å². The fourth-order valence-corrected chi connectivity index (χ4v) is 4.61. The van der Waals surface area contributed by atoms with E-state index in [1.54, 1.807) is 24.4 Å². The molecule has 4 aromatic rings. The summed E-state index contributed by atoms with van der Waals surface area (Å²) in [5, 5.41) is 19.5. The number of likely N-dealkylation sites (tertiary alicyclic amines) is 1. The number of carbonyl (C=O) groups is 2. The van der Waals surface area contributed by atoms with Crippen LogP contribution in [0.3, 0.4) is 0 Å². The quantitative estimate of drug-likeness (QED) is 0.435. The number of pyridine rings is 1. The molecule has 0 radical (unpaired) electrons. The number of aromatic nitrogens is 3. The SMILES string of the molecule is COc1ccc(-n2c([C@H]3CC(=O)CN3C(=O)O)nc3c(-c4ccc(C)nc4)cc(C#N)cc3c2=O)cc1F. The van der Waals surface area contributed by atoms with E-state index in [4.69, 9.17) is 9.72 Å². The first-order valence-electron chi connectivity index (χ1n) is 11.5. The van der Waals surface area contributed by atoms with Gasteiger partial charge in [0.1, 0.15) is 11.9 Å². The van der Waals surface area contributed by atoms with Crippen molar-refractivity contribution in [2.45, 2.75) is 19.4 Å². The van der Waals surface area contributed by atoms with Crippen molar-refractivity contribution < 1.29 is 23.8 Å². The number of rotatable bonds is 4. The molecule has 0 bridgehead atoms. The molecule has 5 rings (SSSR count). The highest BCUT2D eigenvalue weighted by Crippen LogP contribution is 2.34. The summed E-state index contributed by atoms with van der Waals surface area (Å²) in [6.07, 6.45) is 0.0192. The third-order valence-electron chi connectivity index (χ3n) is 6.43. The molecule has 1 aliphatic heterocycles. The zero-order valence-corrected chi connectivity index (χ0v) is 20.3. The highest BCUT2D eigenvalue weighted by atomic mass is 19.1. The lowest BCUT2D eigenvalue weighted by atomic mass is 10.00. The molecule has 38 heavy (non-hydrogen) atoms. The maximum Gasteiger partial charge on any atom is 0.408 e. The summed E-state index contributed by atoms with van der Waals surface area (Å²) in [7, 11) is 1.30. The predicted molar refractivity (Wildman–Crippen MR) is 134 cm³/mol. The van der Waals surface area contributed by atoms with Crippen LogP contribution in [-0.2, 0) is 4.79 Å². The standard InChI is InChI=1S/C27H20FN5O5/c1-14-3-4-16(12-30-14)19-7-15(11-29)8-20-24(19)31-25(22-10-18(34)13-32(22)27(36)37)33(26(20)35)17-5-6-23(38-2)21(28)9-17/h3-9,12,22H,10,13H2,1-2H3,(H,36,37)/t22-/m1/s1. The number of nitrogens with zero attached hydrogens (tertiary/aromatic N) is 5. The van der Waals surface area contributed by atoms with Crippen LogP contribution in [0.2, 0.25) is 0 Å². The number of methoxy groups -OCH3 is 1. The molecule has 2 aromatic carbocycles.